The molecule has 0 unspecified atom stereocenters. The Balaban J connectivity index is 2.07. The van der Waals surface area contributed by atoms with E-state index >= 15 is 0 Å². The molecule has 6 heteroatoms. The van der Waals surface area contributed by atoms with Crippen LogP contribution >= 0.6 is 0 Å². The van der Waals surface area contributed by atoms with Crippen molar-refractivity contribution in [1.29, 1.82) is 0 Å². The Morgan fingerprint density at radius 3 is 2.26 bits per heavy atom. The van der Waals surface area contributed by atoms with Crippen molar-refractivity contribution in [3.8, 4) is 0 Å². The van der Waals surface area contributed by atoms with E-state index in [0.29, 0.717) is 11.9 Å². The molecule has 1 aliphatic carbocycles. The molecular weight excluding hydrogens is 240 g/mol. The van der Waals surface area contributed by atoms with E-state index in [0.717, 1.165) is 12.5 Å². The summed E-state index contributed by atoms with van der Waals surface area (Å²) in [6, 6.07) is 0. The predicted molar refractivity (Wildman–Crippen MR) is 78.4 cm³/mol. The van der Waals surface area contributed by atoms with E-state index < -0.39 is 0 Å². The van der Waals surface area contributed by atoms with Gasteiger partial charge in [0.05, 0.1) is 0 Å². The van der Waals surface area contributed by atoms with Crippen molar-refractivity contribution in [2.45, 2.75) is 32.1 Å². The molecule has 1 saturated carbocycles. The van der Waals surface area contributed by atoms with Crippen LogP contribution in [0.2, 0.25) is 0 Å². The molecule has 6 nitrogen and oxygen atoms in total. The summed E-state index contributed by atoms with van der Waals surface area (Å²) in [5, 5.41) is 0. The number of hydrogen-bond acceptors (Lipinski definition) is 6. The van der Waals surface area contributed by atoms with E-state index in [1.807, 2.05) is 26.0 Å². The number of hydrogen-bond donors (Lipinski definition) is 1. The summed E-state index contributed by atoms with van der Waals surface area (Å²) in [5.41, 5.74) is 5.75. The largest absolute Gasteiger partial charge is 0.368 e. The average molecular weight is 264 g/mol. The Bertz CT molecular complexity index is 414. The standard InChI is InChI=1S/C13H24N6/c1-18(2)12-15-11(14)16-13(17-12)19(3)9-10-7-5-4-6-8-10/h10H,4-9H2,1-3H3,(H2,14,15,16,17). The number of rotatable bonds is 4. The van der Waals surface area contributed by atoms with E-state index in [2.05, 4.69) is 19.9 Å². The highest BCUT2D eigenvalue weighted by atomic mass is 15.3. The van der Waals surface area contributed by atoms with Gasteiger partial charge in [-0.25, -0.2) is 0 Å². The molecule has 19 heavy (non-hydrogen) atoms. The molecule has 0 saturated heterocycles. The highest BCUT2D eigenvalue weighted by Crippen LogP contribution is 2.25. The van der Waals surface area contributed by atoms with Gasteiger partial charge in [-0.1, -0.05) is 19.3 Å². The Morgan fingerprint density at radius 1 is 1.00 bits per heavy atom. The number of nitrogens with zero attached hydrogens (tertiary/aromatic N) is 5. The minimum Gasteiger partial charge on any atom is -0.368 e. The molecule has 0 spiro atoms. The smallest absolute Gasteiger partial charge is 0.231 e. The normalized spacial score (nSPS) is 16.4. The summed E-state index contributed by atoms with van der Waals surface area (Å²) in [7, 11) is 5.84. The molecule has 1 aromatic heterocycles. The van der Waals surface area contributed by atoms with Crippen LogP contribution in [0.15, 0.2) is 0 Å². The summed E-state index contributed by atoms with van der Waals surface area (Å²) < 4.78 is 0. The Hall–Kier alpha value is -1.59. The Labute approximate surface area is 115 Å². The minimum absolute atomic E-state index is 0.282. The molecule has 1 aromatic rings. The third-order valence-corrected chi connectivity index (χ3v) is 3.63. The lowest BCUT2D eigenvalue weighted by Gasteiger charge is -2.27. The zero-order chi connectivity index (χ0) is 13.8. The average Bonchev–Trinajstić information content (AvgIpc) is 2.39. The number of anilines is 3. The van der Waals surface area contributed by atoms with Crippen LogP contribution in [0.1, 0.15) is 32.1 Å². The van der Waals surface area contributed by atoms with E-state index in [4.69, 9.17) is 5.73 Å². The maximum atomic E-state index is 5.75. The van der Waals surface area contributed by atoms with Crippen LogP contribution in [0.4, 0.5) is 17.8 Å². The number of nitrogen functional groups attached to an aromatic ring is 1. The van der Waals surface area contributed by atoms with E-state index in [-0.39, 0.29) is 5.95 Å². The van der Waals surface area contributed by atoms with Crippen LogP contribution in [-0.2, 0) is 0 Å². The van der Waals surface area contributed by atoms with Crippen molar-refractivity contribution >= 4 is 17.8 Å². The van der Waals surface area contributed by atoms with Gasteiger partial charge in [-0.15, -0.1) is 0 Å². The monoisotopic (exact) mass is 264 g/mol. The molecule has 0 aromatic carbocycles. The van der Waals surface area contributed by atoms with Gasteiger partial charge < -0.3 is 15.5 Å². The molecule has 0 atom stereocenters. The second kappa shape index (κ2) is 6.04. The van der Waals surface area contributed by atoms with Gasteiger partial charge in [-0.05, 0) is 18.8 Å². The second-order valence-electron chi connectivity index (χ2n) is 5.57. The van der Waals surface area contributed by atoms with Gasteiger partial charge in [-0.2, -0.15) is 15.0 Å². The number of nitrogens with two attached hydrogens (primary N) is 1. The van der Waals surface area contributed by atoms with E-state index in [9.17, 15) is 0 Å². The summed E-state index contributed by atoms with van der Waals surface area (Å²) >= 11 is 0. The first-order valence-corrected chi connectivity index (χ1v) is 6.96. The van der Waals surface area contributed by atoms with Crippen LogP contribution in [0, 0.1) is 5.92 Å². The first kappa shape index (κ1) is 13.8. The van der Waals surface area contributed by atoms with Crippen molar-refractivity contribution in [3.63, 3.8) is 0 Å². The molecule has 0 aliphatic heterocycles. The van der Waals surface area contributed by atoms with Gasteiger partial charge in [0, 0.05) is 27.7 Å². The van der Waals surface area contributed by atoms with Crippen LogP contribution in [-0.4, -0.2) is 42.6 Å². The Morgan fingerprint density at radius 2 is 1.63 bits per heavy atom. The molecule has 2 rings (SSSR count). The molecule has 0 bridgehead atoms. The SMILES string of the molecule is CN(C)c1nc(N)nc(N(C)CC2CCCCC2)n1. The fourth-order valence-electron chi connectivity index (χ4n) is 2.58. The fourth-order valence-corrected chi connectivity index (χ4v) is 2.58. The third-order valence-electron chi connectivity index (χ3n) is 3.63. The van der Waals surface area contributed by atoms with Gasteiger partial charge in [0.15, 0.2) is 0 Å². The molecule has 106 valence electrons. The van der Waals surface area contributed by atoms with Gasteiger partial charge >= 0.3 is 0 Å². The molecule has 0 amide bonds. The number of aromatic nitrogens is 3. The molecule has 2 N–H and O–H groups in total. The molecule has 1 fully saturated rings. The van der Waals surface area contributed by atoms with E-state index in [1.54, 1.807) is 0 Å². The van der Waals surface area contributed by atoms with Gasteiger partial charge in [-0.3, -0.25) is 0 Å². The van der Waals surface area contributed by atoms with Gasteiger partial charge in [0.25, 0.3) is 0 Å². The lowest BCUT2D eigenvalue weighted by atomic mass is 9.89. The maximum Gasteiger partial charge on any atom is 0.231 e. The van der Waals surface area contributed by atoms with Crippen molar-refractivity contribution in [3.05, 3.63) is 0 Å². The van der Waals surface area contributed by atoms with Crippen LogP contribution in [0.5, 0.6) is 0 Å². The predicted octanol–water partition coefficient (Wildman–Crippen LogP) is 1.54. The zero-order valence-corrected chi connectivity index (χ0v) is 12.1. The maximum absolute atomic E-state index is 5.75. The van der Waals surface area contributed by atoms with Gasteiger partial charge in [0.2, 0.25) is 17.8 Å². The third kappa shape index (κ3) is 3.68. The highest BCUT2D eigenvalue weighted by Gasteiger charge is 2.17. The van der Waals surface area contributed by atoms with Crippen molar-refractivity contribution in [2.24, 2.45) is 5.92 Å². The zero-order valence-electron chi connectivity index (χ0n) is 12.1. The van der Waals surface area contributed by atoms with Crippen LogP contribution in [0.3, 0.4) is 0 Å². The summed E-state index contributed by atoms with van der Waals surface area (Å²) in [6.07, 6.45) is 6.70. The quantitative estimate of drug-likeness (QED) is 0.889. The molecule has 1 aliphatic rings. The summed E-state index contributed by atoms with van der Waals surface area (Å²) in [4.78, 5) is 16.7. The first-order chi connectivity index (χ1) is 9.06. The molecule has 0 radical (unpaired) electrons. The highest BCUT2D eigenvalue weighted by molar-refractivity contribution is 5.42. The van der Waals surface area contributed by atoms with Crippen molar-refractivity contribution in [1.82, 2.24) is 15.0 Å². The van der Waals surface area contributed by atoms with Crippen molar-refractivity contribution < 1.29 is 0 Å². The van der Waals surface area contributed by atoms with Crippen LogP contribution < -0.4 is 15.5 Å². The van der Waals surface area contributed by atoms with Gasteiger partial charge in [0.1, 0.15) is 0 Å². The summed E-state index contributed by atoms with van der Waals surface area (Å²) in [5.74, 6) is 2.31. The second-order valence-corrected chi connectivity index (χ2v) is 5.57. The molecule has 1 heterocycles. The lowest BCUT2D eigenvalue weighted by molar-refractivity contribution is 0.361. The van der Waals surface area contributed by atoms with Crippen LogP contribution in [0.25, 0.3) is 0 Å². The Kier molecular flexibility index (Phi) is 4.39. The first-order valence-electron chi connectivity index (χ1n) is 6.96. The summed E-state index contributed by atoms with van der Waals surface area (Å²) in [6.45, 7) is 0.996. The minimum atomic E-state index is 0.282. The molecular formula is C13H24N6. The topological polar surface area (TPSA) is 71.2 Å². The fraction of sp³-hybridized carbons (Fsp3) is 0.769. The lowest BCUT2D eigenvalue weighted by Crippen LogP contribution is -2.29. The van der Waals surface area contributed by atoms with Crippen molar-refractivity contribution in [2.75, 3.05) is 43.2 Å². The van der Waals surface area contributed by atoms with E-state index in [1.165, 1.54) is 32.1 Å².